The maximum Gasteiger partial charge on any atom is 0.343 e. The van der Waals surface area contributed by atoms with Crippen LogP contribution in [0.25, 0.3) is 6.08 Å². The van der Waals surface area contributed by atoms with Crippen LogP contribution in [-0.4, -0.2) is 37.1 Å². The van der Waals surface area contributed by atoms with Gasteiger partial charge in [0.25, 0.3) is 0 Å². The van der Waals surface area contributed by atoms with Crippen LogP contribution in [0.1, 0.15) is 11.1 Å². The molecular weight excluding hydrogens is 320 g/mol. The number of amides is 1. The van der Waals surface area contributed by atoms with Crippen molar-refractivity contribution in [3.8, 4) is 5.75 Å². The number of esters is 1. The van der Waals surface area contributed by atoms with E-state index in [0.29, 0.717) is 12.3 Å². The molecule has 0 unspecified atom stereocenters. The molecule has 0 spiro atoms. The molecule has 0 aliphatic carbocycles. The summed E-state index contributed by atoms with van der Waals surface area (Å²) in [4.78, 5) is 26.8. The Hall–Kier alpha value is -3.15. The van der Waals surface area contributed by atoms with Crippen molar-refractivity contribution in [1.29, 1.82) is 0 Å². The third kappa shape index (κ3) is 6.87. The van der Waals surface area contributed by atoms with E-state index in [0.717, 1.165) is 17.5 Å². The molecular formula is C19H20N2O4. The van der Waals surface area contributed by atoms with Gasteiger partial charge in [-0.05, 0) is 41.8 Å². The lowest BCUT2D eigenvalue weighted by Crippen LogP contribution is -2.23. The van der Waals surface area contributed by atoms with Crippen molar-refractivity contribution >= 4 is 18.0 Å². The van der Waals surface area contributed by atoms with Crippen molar-refractivity contribution < 1.29 is 19.1 Å². The maximum atomic E-state index is 11.8. The van der Waals surface area contributed by atoms with Crippen LogP contribution in [0.3, 0.4) is 0 Å². The summed E-state index contributed by atoms with van der Waals surface area (Å²) in [6.07, 6.45) is 7.43. The van der Waals surface area contributed by atoms with Gasteiger partial charge >= 0.3 is 5.97 Å². The molecule has 25 heavy (non-hydrogen) atoms. The van der Waals surface area contributed by atoms with Gasteiger partial charge in [-0.2, -0.15) is 0 Å². The molecule has 1 aromatic carbocycles. The van der Waals surface area contributed by atoms with Gasteiger partial charge in [0.05, 0.1) is 7.11 Å². The number of benzene rings is 1. The fourth-order valence-corrected chi connectivity index (χ4v) is 1.98. The predicted molar refractivity (Wildman–Crippen MR) is 93.9 cm³/mol. The molecule has 1 amide bonds. The van der Waals surface area contributed by atoms with Crippen LogP contribution in [0.4, 0.5) is 0 Å². The number of aromatic nitrogens is 1. The second kappa shape index (κ2) is 9.87. The zero-order valence-electron chi connectivity index (χ0n) is 14.0. The Morgan fingerprint density at radius 1 is 1.20 bits per heavy atom. The molecule has 2 aromatic rings. The number of nitrogens with one attached hydrogen (secondary N) is 1. The minimum Gasteiger partial charge on any atom is -0.482 e. The van der Waals surface area contributed by atoms with E-state index >= 15 is 0 Å². The van der Waals surface area contributed by atoms with Crippen LogP contribution in [0.15, 0.2) is 54.9 Å². The molecule has 2 rings (SSSR count). The van der Waals surface area contributed by atoms with Crippen molar-refractivity contribution in [2.45, 2.75) is 6.42 Å². The van der Waals surface area contributed by atoms with E-state index in [-0.39, 0.29) is 12.5 Å². The summed E-state index contributed by atoms with van der Waals surface area (Å²) >= 11 is 0. The molecule has 6 nitrogen and oxygen atoms in total. The van der Waals surface area contributed by atoms with E-state index in [4.69, 9.17) is 4.74 Å². The van der Waals surface area contributed by atoms with Crippen LogP contribution in [-0.2, 0) is 20.7 Å². The summed E-state index contributed by atoms with van der Waals surface area (Å²) in [7, 11) is 1.31. The van der Waals surface area contributed by atoms with Crippen LogP contribution in [0.2, 0.25) is 0 Å². The highest BCUT2D eigenvalue weighted by atomic mass is 16.6. The van der Waals surface area contributed by atoms with E-state index in [9.17, 15) is 9.59 Å². The smallest absolute Gasteiger partial charge is 0.343 e. The van der Waals surface area contributed by atoms with Crippen LogP contribution in [0.5, 0.6) is 5.75 Å². The second-order valence-electron chi connectivity index (χ2n) is 5.17. The predicted octanol–water partition coefficient (Wildman–Crippen LogP) is 2.01. The molecule has 0 saturated heterocycles. The lowest BCUT2D eigenvalue weighted by atomic mass is 10.2. The summed E-state index contributed by atoms with van der Waals surface area (Å²) in [6.45, 7) is 0.417. The van der Waals surface area contributed by atoms with E-state index in [1.165, 1.54) is 13.2 Å². The van der Waals surface area contributed by atoms with Gasteiger partial charge in [0.1, 0.15) is 5.75 Å². The number of methoxy groups -OCH3 is 1. The number of pyridine rings is 1. The quantitative estimate of drug-likeness (QED) is 0.587. The van der Waals surface area contributed by atoms with E-state index in [1.54, 1.807) is 42.7 Å². The lowest BCUT2D eigenvalue weighted by Gasteiger charge is -2.04. The SMILES string of the molecule is COC(=O)COc1ccc(C=CC(=O)NCCc2cccnc2)cc1. The first-order valence-corrected chi connectivity index (χ1v) is 7.82. The number of nitrogens with zero attached hydrogens (tertiary/aromatic N) is 1. The van der Waals surface area contributed by atoms with Crippen molar-refractivity contribution in [3.63, 3.8) is 0 Å². The van der Waals surface area contributed by atoms with Crippen LogP contribution in [0, 0.1) is 0 Å². The summed E-state index contributed by atoms with van der Waals surface area (Å²) < 4.78 is 9.75. The molecule has 0 radical (unpaired) electrons. The van der Waals surface area contributed by atoms with Gasteiger partial charge in [-0.25, -0.2) is 4.79 Å². The fourth-order valence-electron chi connectivity index (χ4n) is 1.98. The zero-order valence-corrected chi connectivity index (χ0v) is 14.0. The van der Waals surface area contributed by atoms with E-state index in [1.807, 2.05) is 12.1 Å². The third-order valence-electron chi connectivity index (χ3n) is 3.33. The number of carbonyl (C=O) groups excluding carboxylic acids is 2. The molecule has 130 valence electrons. The molecule has 0 bridgehead atoms. The third-order valence-corrected chi connectivity index (χ3v) is 3.33. The highest BCUT2D eigenvalue weighted by molar-refractivity contribution is 5.91. The topological polar surface area (TPSA) is 77.5 Å². The molecule has 1 aromatic heterocycles. The summed E-state index contributed by atoms with van der Waals surface area (Å²) in [6, 6.07) is 10.9. The number of hydrogen-bond donors (Lipinski definition) is 1. The summed E-state index contributed by atoms with van der Waals surface area (Å²) in [5.41, 5.74) is 1.93. The molecule has 0 aliphatic heterocycles. The van der Waals surface area contributed by atoms with Crippen molar-refractivity contribution in [2.24, 2.45) is 0 Å². The summed E-state index contributed by atoms with van der Waals surface area (Å²) in [5, 5.41) is 2.82. The minimum atomic E-state index is -0.438. The molecule has 1 N–H and O–H groups in total. The monoisotopic (exact) mass is 340 g/mol. The van der Waals surface area contributed by atoms with Gasteiger partial charge in [-0.1, -0.05) is 18.2 Å². The Kier molecular flexibility index (Phi) is 7.18. The maximum absolute atomic E-state index is 11.8. The Bertz CT molecular complexity index is 712. The van der Waals surface area contributed by atoms with Crippen molar-refractivity contribution in [2.75, 3.05) is 20.3 Å². The van der Waals surface area contributed by atoms with Crippen molar-refractivity contribution in [1.82, 2.24) is 10.3 Å². The molecule has 0 atom stereocenters. The van der Waals surface area contributed by atoms with Gasteiger partial charge in [-0.3, -0.25) is 9.78 Å². The highest BCUT2D eigenvalue weighted by Gasteiger charge is 2.01. The highest BCUT2D eigenvalue weighted by Crippen LogP contribution is 2.13. The van der Waals surface area contributed by atoms with Gasteiger partial charge in [0.15, 0.2) is 6.61 Å². The fraction of sp³-hybridized carbons (Fsp3) is 0.211. The molecule has 0 saturated carbocycles. The largest absolute Gasteiger partial charge is 0.482 e. The second-order valence-corrected chi connectivity index (χ2v) is 5.17. The number of carbonyl (C=O) groups is 2. The van der Waals surface area contributed by atoms with Gasteiger partial charge in [0, 0.05) is 25.0 Å². The van der Waals surface area contributed by atoms with Gasteiger partial charge in [-0.15, -0.1) is 0 Å². The lowest BCUT2D eigenvalue weighted by molar-refractivity contribution is -0.142. The molecule has 6 heteroatoms. The first-order valence-electron chi connectivity index (χ1n) is 7.82. The standard InChI is InChI=1S/C19H20N2O4/c1-24-19(23)14-25-17-7-4-15(5-8-17)6-9-18(22)21-12-10-16-3-2-11-20-13-16/h2-9,11,13H,10,12,14H2,1H3,(H,21,22). The Labute approximate surface area is 146 Å². The normalized spacial score (nSPS) is 10.4. The Morgan fingerprint density at radius 3 is 2.68 bits per heavy atom. The number of rotatable bonds is 8. The minimum absolute atomic E-state index is 0.134. The Balaban J connectivity index is 1.74. The zero-order chi connectivity index (χ0) is 17.9. The molecule has 0 aliphatic rings. The summed E-state index contributed by atoms with van der Waals surface area (Å²) in [5.74, 6) is -0.0368. The van der Waals surface area contributed by atoms with Gasteiger partial charge in [0.2, 0.25) is 5.91 Å². The van der Waals surface area contributed by atoms with Gasteiger partial charge < -0.3 is 14.8 Å². The molecule has 0 fully saturated rings. The van der Waals surface area contributed by atoms with Crippen molar-refractivity contribution in [3.05, 3.63) is 66.0 Å². The first kappa shape index (κ1) is 18.2. The average molecular weight is 340 g/mol. The Morgan fingerprint density at radius 2 is 2.00 bits per heavy atom. The van der Waals surface area contributed by atoms with Crippen LogP contribution < -0.4 is 10.1 Å². The molecule has 1 heterocycles. The van der Waals surface area contributed by atoms with E-state index < -0.39 is 5.97 Å². The van der Waals surface area contributed by atoms with E-state index in [2.05, 4.69) is 15.0 Å². The average Bonchev–Trinajstić information content (AvgIpc) is 2.66. The first-order chi connectivity index (χ1) is 12.2. The van der Waals surface area contributed by atoms with Crippen LogP contribution >= 0.6 is 0 Å². The number of hydrogen-bond acceptors (Lipinski definition) is 5. The number of ether oxygens (including phenoxy) is 2.